The van der Waals surface area contributed by atoms with Gasteiger partial charge in [-0.2, -0.15) is 0 Å². The third-order valence-electron chi connectivity index (χ3n) is 5.36. The summed E-state index contributed by atoms with van der Waals surface area (Å²) in [6.45, 7) is 1.10. The van der Waals surface area contributed by atoms with Gasteiger partial charge in [0.1, 0.15) is 0 Å². The molecule has 1 amide bonds. The third-order valence-corrected chi connectivity index (χ3v) is 5.36. The van der Waals surface area contributed by atoms with Crippen molar-refractivity contribution in [2.75, 3.05) is 46.3 Å². The molecule has 1 aliphatic rings. The Kier molecular flexibility index (Phi) is 6.42. The normalized spacial score (nSPS) is 16.3. The van der Waals surface area contributed by atoms with E-state index in [0.717, 1.165) is 18.5 Å². The summed E-state index contributed by atoms with van der Waals surface area (Å²) in [5.74, 6) is 0.903. The number of likely N-dealkylation sites (tertiary alicyclic amines) is 1. The number of hydrogen-bond donors (Lipinski definition) is 0. The van der Waals surface area contributed by atoms with Crippen molar-refractivity contribution < 1.29 is 19.1 Å². The van der Waals surface area contributed by atoms with Gasteiger partial charge in [0.05, 0.1) is 14.2 Å². The first-order chi connectivity index (χ1) is 13.9. The monoisotopic (exact) mass is 396 g/mol. The molecule has 154 valence electrons. The molecule has 0 N–H and O–H groups in total. The number of Topliss-reactive ketones (excluding diaryl/α,β-unsaturated/α-hetero) is 1. The topological polar surface area (TPSA) is 59.1 Å². The molecule has 0 aliphatic carbocycles. The number of ether oxygens (including phenoxy) is 2. The molecule has 1 fully saturated rings. The molecule has 3 rings (SSSR count). The molecular weight excluding hydrogens is 368 g/mol. The van der Waals surface area contributed by atoms with Crippen LogP contribution in [0.1, 0.15) is 33.6 Å². The number of nitrogens with zero attached hydrogens (tertiary/aromatic N) is 2. The summed E-state index contributed by atoms with van der Waals surface area (Å²) in [5, 5.41) is 0. The minimum atomic E-state index is -0.220. The molecule has 6 heteroatoms. The van der Waals surface area contributed by atoms with Crippen LogP contribution in [0.4, 0.5) is 5.69 Å². The summed E-state index contributed by atoms with van der Waals surface area (Å²) in [5.41, 5.74) is 2.21. The number of benzene rings is 2. The number of rotatable bonds is 6. The maximum Gasteiger partial charge on any atom is 0.253 e. The van der Waals surface area contributed by atoms with E-state index < -0.39 is 0 Å². The van der Waals surface area contributed by atoms with E-state index in [4.69, 9.17) is 9.47 Å². The number of methoxy groups -OCH3 is 2. The second-order valence-electron chi connectivity index (χ2n) is 7.47. The van der Waals surface area contributed by atoms with E-state index in [1.54, 1.807) is 37.3 Å². The fourth-order valence-corrected chi connectivity index (χ4v) is 3.70. The van der Waals surface area contributed by atoms with Gasteiger partial charge in [0.15, 0.2) is 17.3 Å². The first-order valence-corrected chi connectivity index (χ1v) is 9.77. The summed E-state index contributed by atoms with van der Waals surface area (Å²) in [6, 6.07) is 12.8. The van der Waals surface area contributed by atoms with Gasteiger partial charge >= 0.3 is 0 Å². The zero-order chi connectivity index (χ0) is 21.0. The van der Waals surface area contributed by atoms with E-state index in [-0.39, 0.29) is 17.6 Å². The van der Waals surface area contributed by atoms with Crippen LogP contribution in [-0.2, 0) is 0 Å². The Balaban J connectivity index is 1.76. The molecule has 1 heterocycles. The quantitative estimate of drug-likeness (QED) is 0.700. The van der Waals surface area contributed by atoms with E-state index in [2.05, 4.69) is 0 Å². The predicted molar refractivity (Wildman–Crippen MR) is 113 cm³/mol. The lowest BCUT2D eigenvalue weighted by Gasteiger charge is -2.32. The number of hydrogen-bond acceptors (Lipinski definition) is 5. The maximum absolute atomic E-state index is 13.1. The molecule has 0 unspecified atom stereocenters. The van der Waals surface area contributed by atoms with Crippen LogP contribution in [0.3, 0.4) is 0 Å². The van der Waals surface area contributed by atoms with Gasteiger partial charge in [-0.25, -0.2) is 0 Å². The molecule has 29 heavy (non-hydrogen) atoms. The van der Waals surface area contributed by atoms with Crippen molar-refractivity contribution in [3.8, 4) is 11.5 Å². The number of carbonyl (C=O) groups excluding carboxylic acids is 2. The summed E-state index contributed by atoms with van der Waals surface area (Å²) in [7, 11) is 7.01. The van der Waals surface area contributed by atoms with Crippen LogP contribution in [0.5, 0.6) is 11.5 Å². The summed E-state index contributed by atoms with van der Waals surface area (Å²) < 4.78 is 10.6. The highest BCUT2D eigenvalue weighted by molar-refractivity contribution is 6.00. The third kappa shape index (κ3) is 4.53. The molecule has 1 aliphatic heterocycles. The van der Waals surface area contributed by atoms with E-state index in [0.29, 0.717) is 35.7 Å². The number of carbonyl (C=O) groups is 2. The van der Waals surface area contributed by atoms with Crippen molar-refractivity contribution in [3.05, 3.63) is 53.6 Å². The van der Waals surface area contributed by atoms with Crippen molar-refractivity contribution in [1.82, 2.24) is 4.90 Å². The standard InChI is InChI=1S/C23H28N2O4/c1-24(2)19-9-5-7-17(13-19)23(27)25-12-6-8-18(15-25)22(26)16-10-11-20(28-3)21(14-16)29-4/h5,7,9-11,13-14,18H,6,8,12,15H2,1-4H3/t18-/m1/s1. The lowest BCUT2D eigenvalue weighted by Crippen LogP contribution is -2.42. The van der Waals surface area contributed by atoms with Gasteiger partial charge in [-0.3, -0.25) is 9.59 Å². The largest absolute Gasteiger partial charge is 0.493 e. The molecule has 1 saturated heterocycles. The molecule has 0 spiro atoms. The molecule has 0 aromatic heterocycles. The Morgan fingerprint density at radius 3 is 2.45 bits per heavy atom. The molecule has 0 bridgehead atoms. The van der Waals surface area contributed by atoms with Gasteiger partial charge in [0.25, 0.3) is 5.91 Å². The minimum Gasteiger partial charge on any atom is -0.493 e. The second-order valence-corrected chi connectivity index (χ2v) is 7.47. The smallest absolute Gasteiger partial charge is 0.253 e. The van der Waals surface area contributed by atoms with E-state index in [1.807, 2.05) is 43.3 Å². The number of anilines is 1. The summed E-state index contributed by atoms with van der Waals surface area (Å²) in [4.78, 5) is 29.9. The predicted octanol–water partition coefficient (Wildman–Crippen LogP) is 3.50. The van der Waals surface area contributed by atoms with Crippen LogP contribution >= 0.6 is 0 Å². The Hall–Kier alpha value is -3.02. The van der Waals surface area contributed by atoms with E-state index in [9.17, 15) is 9.59 Å². The zero-order valence-electron chi connectivity index (χ0n) is 17.5. The van der Waals surface area contributed by atoms with E-state index >= 15 is 0 Å². The zero-order valence-corrected chi connectivity index (χ0v) is 17.5. The van der Waals surface area contributed by atoms with Gasteiger partial charge in [-0.1, -0.05) is 6.07 Å². The Bertz CT molecular complexity index is 894. The lowest BCUT2D eigenvalue weighted by molar-refractivity contribution is 0.0637. The fraction of sp³-hybridized carbons (Fsp3) is 0.391. The fourth-order valence-electron chi connectivity index (χ4n) is 3.70. The molecule has 2 aromatic rings. The average molecular weight is 396 g/mol. The van der Waals surface area contributed by atoms with Crippen molar-refractivity contribution in [2.24, 2.45) is 5.92 Å². The van der Waals surface area contributed by atoms with Crippen molar-refractivity contribution in [3.63, 3.8) is 0 Å². The number of piperidine rings is 1. The van der Waals surface area contributed by atoms with Crippen LogP contribution in [0.2, 0.25) is 0 Å². The number of ketones is 1. The van der Waals surface area contributed by atoms with Gasteiger partial charge in [0.2, 0.25) is 0 Å². The minimum absolute atomic E-state index is 0.0292. The van der Waals surface area contributed by atoms with Crippen LogP contribution in [-0.4, -0.2) is 58.0 Å². The average Bonchev–Trinajstić information content (AvgIpc) is 2.77. The molecule has 1 atom stereocenters. The molecule has 0 saturated carbocycles. The maximum atomic E-state index is 13.1. The highest BCUT2D eigenvalue weighted by Crippen LogP contribution is 2.30. The Morgan fingerprint density at radius 2 is 1.76 bits per heavy atom. The molecular formula is C23H28N2O4. The number of amides is 1. The van der Waals surface area contributed by atoms with Crippen molar-refractivity contribution in [1.29, 1.82) is 0 Å². The van der Waals surface area contributed by atoms with Crippen molar-refractivity contribution >= 4 is 17.4 Å². The highest BCUT2D eigenvalue weighted by atomic mass is 16.5. The van der Waals surface area contributed by atoms with Gasteiger partial charge < -0.3 is 19.3 Å². The van der Waals surface area contributed by atoms with E-state index in [1.165, 1.54) is 0 Å². The van der Waals surface area contributed by atoms with Gasteiger partial charge in [-0.15, -0.1) is 0 Å². The molecule has 0 radical (unpaired) electrons. The van der Waals surface area contributed by atoms with Gasteiger partial charge in [-0.05, 0) is 49.2 Å². The van der Waals surface area contributed by atoms with Crippen LogP contribution in [0.15, 0.2) is 42.5 Å². The first kappa shape index (κ1) is 20.7. The van der Waals surface area contributed by atoms with Crippen LogP contribution in [0, 0.1) is 5.92 Å². The van der Waals surface area contributed by atoms with Crippen LogP contribution < -0.4 is 14.4 Å². The highest BCUT2D eigenvalue weighted by Gasteiger charge is 2.30. The van der Waals surface area contributed by atoms with Crippen LogP contribution in [0.25, 0.3) is 0 Å². The van der Waals surface area contributed by atoms with Gasteiger partial charge in [0, 0.05) is 49.9 Å². The Labute approximate surface area is 172 Å². The van der Waals surface area contributed by atoms with Crippen molar-refractivity contribution in [2.45, 2.75) is 12.8 Å². The molecule has 2 aromatic carbocycles. The summed E-state index contributed by atoms with van der Waals surface area (Å²) in [6.07, 6.45) is 1.58. The second kappa shape index (κ2) is 8.99. The molecule has 6 nitrogen and oxygen atoms in total. The lowest BCUT2D eigenvalue weighted by atomic mass is 9.89. The SMILES string of the molecule is COc1ccc(C(=O)[C@@H]2CCCN(C(=O)c3cccc(N(C)C)c3)C2)cc1OC. The Morgan fingerprint density at radius 1 is 1.00 bits per heavy atom. The summed E-state index contributed by atoms with van der Waals surface area (Å²) >= 11 is 0. The first-order valence-electron chi connectivity index (χ1n) is 9.77.